The van der Waals surface area contributed by atoms with Gasteiger partial charge in [0.1, 0.15) is 0 Å². The zero-order valence-corrected chi connectivity index (χ0v) is 17.1. The van der Waals surface area contributed by atoms with E-state index in [0.29, 0.717) is 30.2 Å². The Labute approximate surface area is 173 Å². The maximum Gasteiger partial charge on any atom is 0.416 e. The summed E-state index contributed by atoms with van der Waals surface area (Å²) in [4.78, 5) is 2.14. The minimum atomic E-state index is -4.46. The van der Waals surface area contributed by atoms with Crippen molar-refractivity contribution in [2.75, 3.05) is 40.4 Å². The second-order valence-corrected chi connectivity index (χ2v) is 7.27. The molecule has 0 amide bonds. The van der Waals surface area contributed by atoms with Gasteiger partial charge in [0.25, 0.3) is 0 Å². The van der Waals surface area contributed by atoms with Crippen molar-refractivity contribution in [1.82, 2.24) is 10.2 Å². The van der Waals surface area contributed by atoms with Crippen LogP contribution in [0.2, 0.25) is 5.02 Å². The van der Waals surface area contributed by atoms with E-state index in [1.165, 1.54) is 20.3 Å². The van der Waals surface area contributed by atoms with Gasteiger partial charge in [0.05, 0.1) is 25.8 Å². The number of hydrogen-bond donors (Lipinski definition) is 1. The van der Waals surface area contributed by atoms with Crippen LogP contribution in [0.5, 0.6) is 11.5 Å². The monoisotopic (exact) mass is 428 g/mol. The molecule has 0 aliphatic carbocycles. The number of halogens is 4. The van der Waals surface area contributed by atoms with Crippen LogP contribution in [0.4, 0.5) is 13.2 Å². The summed E-state index contributed by atoms with van der Waals surface area (Å²) in [6.07, 6.45) is -3.58. The number of para-hydroxylation sites is 1. The number of hydrogen-bond acceptors (Lipinski definition) is 4. The predicted octanol–water partition coefficient (Wildman–Crippen LogP) is 4.76. The number of nitrogens with one attached hydrogen (secondary N) is 1. The van der Waals surface area contributed by atoms with Crippen LogP contribution in [0.15, 0.2) is 36.4 Å². The highest BCUT2D eigenvalue weighted by Crippen LogP contribution is 2.43. The second-order valence-electron chi connectivity index (χ2n) is 6.86. The third kappa shape index (κ3) is 4.79. The van der Waals surface area contributed by atoms with Gasteiger partial charge >= 0.3 is 6.18 Å². The van der Waals surface area contributed by atoms with Crippen LogP contribution in [0.3, 0.4) is 0 Å². The lowest BCUT2D eigenvalue weighted by Crippen LogP contribution is -2.33. The van der Waals surface area contributed by atoms with Crippen molar-refractivity contribution >= 4 is 11.6 Å². The molecular formula is C21H24ClF3N2O2. The van der Waals surface area contributed by atoms with E-state index in [2.05, 4.69) is 10.2 Å². The lowest BCUT2D eigenvalue weighted by Gasteiger charge is -2.33. The van der Waals surface area contributed by atoms with Gasteiger partial charge in [-0.3, -0.25) is 4.90 Å². The summed E-state index contributed by atoms with van der Waals surface area (Å²) >= 11 is 6.44. The van der Waals surface area contributed by atoms with Crippen LogP contribution in [0.25, 0.3) is 0 Å². The van der Waals surface area contributed by atoms with E-state index in [4.69, 9.17) is 21.1 Å². The summed E-state index contributed by atoms with van der Waals surface area (Å²) < 4.78 is 51.3. The van der Waals surface area contributed by atoms with Crippen LogP contribution in [0.1, 0.15) is 29.2 Å². The number of alkyl halides is 3. The molecule has 2 aromatic carbocycles. The van der Waals surface area contributed by atoms with Crippen LogP contribution in [-0.4, -0.2) is 45.3 Å². The summed E-state index contributed by atoms with van der Waals surface area (Å²) in [5.41, 5.74) is 0.390. The molecule has 8 heteroatoms. The van der Waals surface area contributed by atoms with E-state index in [1.54, 1.807) is 12.1 Å². The molecule has 0 spiro atoms. The molecule has 1 aliphatic rings. The molecule has 0 radical (unpaired) electrons. The molecule has 4 nitrogen and oxygen atoms in total. The van der Waals surface area contributed by atoms with Gasteiger partial charge in [-0.25, -0.2) is 0 Å². The second kappa shape index (κ2) is 9.24. The van der Waals surface area contributed by atoms with Crippen LogP contribution in [0, 0.1) is 0 Å². The molecule has 0 aromatic heterocycles. The first-order chi connectivity index (χ1) is 13.9. The third-order valence-corrected chi connectivity index (χ3v) is 5.43. The van der Waals surface area contributed by atoms with E-state index in [1.807, 2.05) is 6.07 Å². The van der Waals surface area contributed by atoms with Crippen molar-refractivity contribution in [1.29, 1.82) is 0 Å². The fraction of sp³-hybridized carbons (Fsp3) is 0.429. The lowest BCUT2D eigenvalue weighted by molar-refractivity contribution is -0.137. The molecule has 29 heavy (non-hydrogen) atoms. The van der Waals surface area contributed by atoms with Crippen molar-refractivity contribution in [3.05, 3.63) is 58.1 Å². The van der Waals surface area contributed by atoms with E-state index < -0.39 is 17.8 Å². The van der Waals surface area contributed by atoms with E-state index in [0.717, 1.165) is 37.2 Å². The molecule has 1 atom stereocenters. The Kier molecular flexibility index (Phi) is 6.93. The molecule has 1 aliphatic heterocycles. The van der Waals surface area contributed by atoms with Gasteiger partial charge in [-0.05, 0) is 42.8 Å². The van der Waals surface area contributed by atoms with Crippen LogP contribution < -0.4 is 14.8 Å². The van der Waals surface area contributed by atoms with E-state index in [-0.39, 0.29) is 5.02 Å². The standard InChI is InChI=1S/C21H24ClF3N2O2/c1-28-18-6-3-5-15(20(18)29-2)19(27-11-4-9-26-10-12-27)16-13-14(21(23,24)25)7-8-17(16)22/h3,5-8,13,19,26H,4,9-12H2,1-2H3. The summed E-state index contributed by atoms with van der Waals surface area (Å²) in [7, 11) is 3.06. The van der Waals surface area contributed by atoms with Crippen molar-refractivity contribution < 1.29 is 22.6 Å². The average Bonchev–Trinajstić information content (AvgIpc) is 2.97. The molecular weight excluding hydrogens is 405 g/mol. The minimum Gasteiger partial charge on any atom is -0.493 e. The highest BCUT2D eigenvalue weighted by Gasteiger charge is 2.34. The van der Waals surface area contributed by atoms with Gasteiger partial charge in [-0.15, -0.1) is 0 Å². The maximum absolute atomic E-state index is 13.4. The fourth-order valence-corrected chi connectivity index (χ4v) is 3.96. The molecule has 3 rings (SSSR count). The Morgan fingerprint density at radius 2 is 1.83 bits per heavy atom. The Hall–Kier alpha value is -1.96. The number of nitrogens with zero attached hydrogens (tertiary/aromatic N) is 1. The van der Waals surface area contributed by atoms with Crippen molar-refractivity contribution in [3.63, 3.8) is 0 Å². The molecule has 1 N–H and O–H groups in total. The third-order valence-electron chi connectivity index (χ3n) is 5.09. The number of ether oxygens (including phenoxy) is 2. The normalized spacial score (nSPS) is 16.9. The highest BCUT2D eigenvalue weighted by molar-refractivity contribution is 6.31. The fourth-order valence-electron chi connectivity index (χ4n) is 3.74. The molecule has 0 saturated carbocycles. The first-order valence-corrected chi connectivity index (χ1v) is 9.77. The Morgan fingerprint density at radius 3 is 2.52 bits per heavy atom. The first kappa shape index (κ1) is 21.7. The summed E-state index contributed by atoms with van der Waals surface area (Å²) in [5.74, 6) is 1.01. The lowest BCUT2D eigenvalue weighted by atomic mass is 9.94. The van der Waals surface area contributed by atoms with Crippen LogP contribution in [-0.2, 0) is 6.18 Å². The topological polar surface area (TPSA) is 33.7 Å². The molecule has 2 aromatic rings. The molecule has 1 saturated heterocycles. The quantitative estimate of drug-likeness (QED) is 0.744. The Bertz CT molecular complexity index is 837. The number of rotatable bonds is 5. The van der Waals surface area contributed by atoms with Gasteiger partial charge in [0.2, 0.25) is 0 Å². The summed E-state index contributed by atoms with van der Waals surface area (Å²) in [5, 5.41) is 3.61. The zero-order valence-electron chi connectivity index (χ0n) is 16.4. The number of benzene rings is 2. The zero-order chi connectivity index (χ0) is 21.0. The van der Waals surface area contributed by atoms with Crippen molar-refractivity contribution in [2.45, 2.75) is 18.6 Å². The van der Waals surface area contributed by atoms with Crippen molar-refractivity contribution in [2.24, 2.45) is 0 Å². The van der Waals surface area contributed by atoms with E-state index >= 15 is 0 Å². The molecule has 158 valence electrons. The molecule has 1 fully saturated rings. The highest BCUT2D eigenvalue weighted by atomic mass is 35.5. The van der Waals surface area contributed by atoms with Gasteiger partial charge in [-0.2, -0.15) is 13.2 Å². The van der Waals surface area contributed by atoms with Gasteiger partial charge in [-0.1, -0.05) is 23.7 Å². The van der Waals surface area contributed by atoms with Crippen molar-refractivity contribution in [3.8, 4) is 11.5 Å². The Balaban J connectivity index is 2.20. The average molecular weight is 429 g/mol. The molecule has 1 unspecified atom stereocenters. The molecule has 1 heterocycles. The summed E-state index contributed by atoms with van der Waals surface area (Å²) in [6, 6.07) is 8.38. The Morgan fingerprint density at radius 1 is 1.03 bits per heavy atom. The first-order valence-electron chi connectivity index (χ1n) is 9.39. The van der Waals surface area contributed by atoms with Crippen LogP contribution >= 0.6 is 11.6 Å². The number of methoxy groups -OCH3 is 2. The van der Waals surface area contributed by atoms with E-state index in [9.17, 15) is 13.2 Å². The molecule has 0 bridgehead atoms. The predicted molar refractivity (Wildman–Crippen MR) is 107 cm³/mol. The van der Waals surface area contributed by atoms with Gasteiger partial charge in [0.15, 0.2) is 11.5 Å². The smallest absolute Gasteiger partial charge is 0.416 e. The van der Waals surface area contributed by atoms with Gasteiger partial charge < -0.3 is 14.8 Å². The van der Waals surface area contributed by atoms with Gasteiger partial charge in [0, 0.05) is 30.2 Å². The maximum atomic E-state index is 13.4. The minimum absolute atomic E-state index is 0.282. The SMILES string of the molecule is COc1cccc(C(c2cc(C(F)(F)F)ccc2Cl)N2CCCNCC2)c1OC. The summed E-state index contributed by atoms with van der Waals surface area (Å²) in [6.45, 7) is 2.97. The largest absolute Gasteiger partial charge is 0.493 e.